The molecule has 0 aromatic rings. The van der Waals surface area contributed by atoms with Crippen molar-refractivity contribution in [2.45, 2.75) is 57.8 Å². The zero-order valence-electron chi connectivity index (χ0n) is 17.1. The summed E-state index contributed by atoms with van der Waals surface area (Å²) in [5.74, 6) is -0.559. The molecule has 1 unspecified atom stereocenters. The smallest absolute Gasteiger partial charge is 0.307 e. The molecule has 2 N–H and O–H groups in total. The van der Waals surface area contributed by atoms with Crippen LogP contribution in [0.15, 0.2) is 12.7 Å². The molecule has 0 radical (unpaired) electrons. The lowest BCUT2D eigenvalue weighted by atomic mass is 9.92. The number of rotatable bonds is 16. The van der Waals surface area contributed by atoms with Gasteiger partial charge in [0.1, 0.15) is 0 Å². The molecule has 2 amide bonds. The average molecular weight is 399 g/mol. The molecule has 0 spiro atoms. The van der Waals surface area contributed by atoms with Crippen LogP contribution in [0, 0.1) is 5.92 Å². The normalized spacial score (nSPS) is 11.2. The van der Waals surface area contributed by atoms with E-state index in [9.17, 15) is 19.2 Å². The molecule has 0 aliphatic carbocycles. The fourth-order valence-corrected chi connectivity index (χ4v) is 2.66. The summed E-state index contributed by atoms with van der Waals surface area (Å²) in [6, 6.07) is 0. The molecule has 160 valence electrons. The topological polar surface area (TPSA) is 111 Å². The summed E-state index contributed by atoms with van der Waals surface area (Å²) in [6.07, 6.45) is 7.01. The van der Waals surface area contributed by atoms with Crippen LogP contribution in [-0.4, -0.2) is 51.1 Å². The number of methoxy groups -OCH3 is 2. The molecular weight excluding hydrogens is 364 g/mol. The van der Waals surface area contributed by atoms with Crippen LogP contribution in [0.4, 0.5) is 0 Å². The quantitative estimate of drug-likeness (QED) is 0.303. The van der Waals surface area contributed by atoms with E-state index >= 15 is 0 Å². The van der Waals surface area contributed by atoms with Crippen LogP contribution in [0.1, 0.15) is 57.8 Å². The van der Waals surface area contributed by atoms with Gasteiger partial charge < -0.3 is 20.1 Å². The summed E-state index contributed by atoms with van der Waals surface area (Å²) >= 11 is 0. The highest BCUT2D eigenvalue weighted by Crippen LogP contribution is 2.20. The van der Waals surface area contributed by atoms with Gasteiger partial charge in [0.25, 0.3) is 0 Å². The van der Waals surface area contributed by atoms with Crippen molar-refractivity contribution in [3.05, 3.63) is 12.7 Å². The van der Waals surface area contributed by atoms with Crippen molar-refractivity contribution in [3.63, 3.8) is 0 Å². The Kier molecular flexibility index (Phi) is 15.3. The van der Waals surface area contributed by atoms with Gasteiger partial charge in [-0.05, 0) is 38.0 Å². The van der Waals surface area contributed by atoms with Crippen LogP contribution in [0.2, 0.25) is 0 Å². The molecule has 0 bridgehead atoms. The molecule has 0 fully saturated rings. The maximum atomic E-state index is 11.9. The Morgan fingerprint density at radius 1 is 0.821 bits per heavy atom. The lowest BCUT2D eigenvalue weighted by Gasteiger charge is -2.16. The fraction of sp³-hybridized carbons (Fsp3) is 0.700. The van der Waals surface area contributed by atoms with E-state index < -0.39 is 0 Å². The molecule has 0 heterocycles. The Labute approximate surface area is 167 Å². The van der Waals surface area contributed by atoms with Crippen LogP contribution in [0.3, 0.4) is 0 Å². The van der Waals surface area contributed by atoms with Crippen molar-refractivity contribution in [2.75, 3.05) is 27.3 Å². The van der Waals surface area contributed by atoms with Crippen molar-refractivity contribution in [3.8, 4) is 0 Å². The highest BCUT2D eigenvalue weighted by atomic mass is 16.5. The van der Waals surface area contributed by atoms with E-state index in [-0.39, 0.29) is 49.7 Å². The van der Waals surface area contributed by atoms with Crippen LogP contribution in [-0.2, 0) is 28.7 Å². The molecule has 8 nitrogen and oxygen atoms in total. The summed E-state index contributed by atoms with van der Waals surface area (Å²) < 4.78 is 9.04. The minimum Gasteiger partial charge on any atom is -0.469 e. The number of hydrogen-bond donors (Lipinski definition) is 2. The van der Waals surface area contributed by atoms with E-state index in [4.69, 9.17) is 0 Å². The van der Waals surface area contributed by atoms with E-state index in [1.54, 1.807) is 0 Å². The highest BCUT2D eigenvalue weighted by Gasteiger charge is 2.13. The molecule has 0 aromatic carbocycles. The fourth-order valence-electron chi connectivity index (χ4n) is 2.66. The predicted molar refractivity (Wildman–Crippen MR) is 105 cm³/mol. The summed E-state index contributed by atoms with van der Waals surface area (Å²) in [4.78, 5) is 45.7. The van der Waals surface area contributed by atoms with Crippen molar-refractivity contribution < 1.29 is 28.7 Å². The Hall–Kier alpha value is -2.38. The summed E-state index contributed by atoms with van der Waals surface area (Å²) in [5.41, 5.74) is 0. The van der Waals surface area contributed by atoms with E-state index in [1.165, 1.54) is 14.2 Å². The lowest BCUT2D eigenvalue weighted by molar-refractivity contribution is -0.141. The molecule has 0 aliphatic rings. The monoisotopic (exact) mass is 398 g/mol. The minimum absolute atomic E-state index is 0.0898. The predicted octanol–water partition coefficient (Wildman–Crippen LogP) is 1.88. The standard InChI is InChI=1S/C20H34N2O6/c1-4-5-7-16(10-11-18(24)22-15-13-20(26)28-3)8-6-9-17(23)21-14-12-19(25)27-2/h4,16H,1,5-15H2,2-3H3,(H,21,23)(H,22,24). The number of ether oxygens (including phenoxy) is 2. The third kappa shape index (κ3) is 14.8. The van der Waals surface area contributed by atoms with E-state index in [0.717, 1.165) is 32.1 Å². The van der Waals surface area contributed by atoms with Gasteiger partial charge in [-0.3, -0.25) is 19.2 Å². The molecule has 1 atom stereocenters. The number of hydrogen-bond acceptors (Lipinski definition) is 6. The second-order valence-corrected chi connectivity index (χ2v) is 6.52. The molecular formula is C20H34N2O6. The van der Waals surface area contributed by atoms with Gasteiger partial charge in [-0.1, -0.05) is 6.08 Å². The van der Waals surface area contributed by atoms with Crippen molar-refractivity contribution in [2.24, 2.45) is 5.92 Å². The first-order valence-electron chi connectivity index (χ1n) is 9.70. The Bertz CT molecular complexity index is 507. The number of carbonyl (C=O) groups excluding carboxylic acids is 4. The summed E-state index contributed by atoms with van der Waals surface area (Å²) in [6.45, 7) is 4.28. The van der Waals surface area contributed by atoms with E-state index in [2.05, 4.69) is 26.7 Å². The molecule has 28 heavy (non-hydrogen) atoms. The maximum Gasteiger partial charge on any atom is 0.307 e. The van der Waals surface area contributed by atoms with Gasteiger partial charge in [0.2, 0.25) is 11.8 Å². The second kappa shape index (κ2) is 16.8. The van der Waals surface area contributed by atoms with Gasteiger partial charge in [0.05, 0.1) is 27.1 Å². The van der Waals surface area contributed by atoms with E-state index in [1.807, 2.05) is 6.08 Å². The van der Waals surface area contributed by atoms with Crippen molar-refractivity contribution in [1.82, 2.24) is 10.6 Å². The zero-order valence-corrected chi connectivity index (χ0v) is 17.1. The van der Waals surface area contributed by atoms with Gasteiger partial charge in [-0.25, -0.2) is 0 Å². The third-order valence-corrected chi connectivity index (χ3v) is 4.33. The summed E-state index contributed by atoms with van der Waals surface area (Å²) in [7, 11) is 2.63. The Balaban J connectivity index is 4.07. The van der Waals surface area contributed by atoms with Gasteiger partial charge >= 0.3 is 11.9 Å². The maximum absolute atomic E-state index is 11.9. The van der Waals surface area contributed by atoms with Crippen LogP contribution < -0.4 is 10.6 Å². The van der Waals surface area contributed by atoms with Crippen LogP contribution in [0.5, 0.6) is 0 Å². The third-order valence-electron chi connectivity index (χ3n) is 4.33. The first-order valence-corrected chi connectivity index (χ1v) is 9.70. The van der Waals surface area contributed by atoms with Crippen LogP contribution >= 0.6 is 0 Å². The SMILES string of the molecule is C=CCCC(CCCC(=O)NCCC(=O)OC)CCC(=O)NCCC(=O)OC. The number of nitrogens with one attached hydrogen (secondary N) is 2. The molecule has 0 saturated carbocycles. The van der Waals surface area contributed by atoms with Crippen LogP contribution in [0.25, 0.3) is 0 Å². The first kappa shape index (κ1) is 25.6. The lowest BCUT2D eigenvalue weighted by Crippen LogP contribution is -2.27. The second-order valence-electron chi connectivity index (χ2n) is 6.52. The molecule has 0 aromatic heterocycles. The summed E-state index contributed by atoms with van der Waals surface area (Å²) in [5, 5.41) is 5.40. The molecule has 0 rings (SSSR count). The molecule has 8 heteroatoms. The first-order chi connectivity index (χ1) is 13.4. The van der Waals surface area contributed by atoms with Gasteiger partial charge in [-0.15, -0.1) is 6.58 Å². The minimum atomic E-state index is -0.353. The van der Waals surface area contributed by atoms with Gasteiger partial charge in [0.15, 0.2) is 0 Å². The Morgan fingerprint density at radius 2 is 1.36 bits per heavy atom. The van der Waals surface area contributed by atoms with Crippen molar-refractivity contribution in [1.29, 1.82) is 0 Å². The Morgan fingerprint density at radius 3 is 1.86 bits per heavy atom. The number of esters is 2. The van der Waals surface area contributed by atoms with E-state index in [0.29, 0.717) is 18.8 Å². The molecule has 0 saturated heterocycles. The van der Waals surface area contributed by atoms with Gasteiger partial charge in [0, 0.05) is 25.9 Å². The van der Waals surface area contributed by atoms with Crippen molar-refractivity contribution >= 4 is 23.8 Å². The average Bonchev–Trinajstić information content (AvgIpc) is 2.69. The highest BCUT2D eigenvalue weighted by molar-refractivity contribution is 5.77. The largest absolute Gasteiger partial charge is 0.469 e. The number of carbonyl (C=O) groups is 4. The number of amides is 2. The van der Waals surface area contributed by atoms with Gasteiger partial charge in [-0.2, -0.15) is 0 Å². The number of allylic oxidation sites excluding steroid dienone is 1. The zero-order chi connectivity index (χ0) is 21.2. The molecule has 0 aliphatic heterocycles.